The number of amides is 1. The number of benzene rings is 1. The molecule has 2 atom stereocenters. The molecule has 152 valence electrons. The number of hydrogen-bond acceptors (Lipinski definition) is 4. The number of pyridine rings is 1. The number of carbonyl (C=O) groups is 1. The maximum absolute atomic E-state index is 12.6. The SMILES string of the molecule is O=C(C1CCC1)N1CCC(N2CC(Oc3ccccc3)C2c2ccncc2)CC1. The van der Waals surface area contributed by atoms with E-state index in [-0.39, 0.29) is 12.1 Å². The largest absolute Gasteiger partial charge is 0.487 e. The van der Waals surface area contributed by atoms with Crippen LogP contribution in [0.25, 0.3) is 0 Å². The second-order valence-electron chi connectivity index (χ2n) is 8.58. The Kier molecular flexibility index (Phi) is 5.23. The molecule has 2 unspecified atom stereocenters. The standard InChI is InChI=1S/C24H29N3O2/c28-24(19-5-4-6-19)26-15-11-20(12-16-26)27-17-22(29-21-7-2-1-3-8-21)23(27)18-9-13-25-14-10-18/h1-3,7-10,13-14,19-20,22-23H,4-6,11-12,15-17H2. The van der Waals surface area contributed by atoms with Crippen LogP contribution < -0.4 is 4.74 Å². The van der Waals surface area contributed by atoms with Gasteiger partial charge in [-0.05, 0) is 55.5 Å². The molecule has 0 bridgehead atoms. The molecule has 1 saturated carbocycles. The van der Waals surface area contributed by atoms with Gasteiger partial charge in [0.05, 0.1) is 6.04 Å². The molecule has 0 radical (unpaired) electrons. The van der Waals surface area contributed by atoms with Crippen molar-refractivity contribution in [2.45, 2.75) is 50.3 Å². The van der Waals surface area contributed by atoms with Crippen molar-refractivity contribution >= 4 is 5.91 Å². The Bertz CT molecular complexity index is 817. The molecule has 0 N–H and O–H groups in total. The topological polar surface area (TPSA) is 45.7 Å². The molecule has 2 aromatic rings. The lowest BCUT2D eigenvalue weighted by Gasteiger charge is -2.53. The van der Waals surface area contributed by atoms with E-state index >= 15 is 0 Å². The van der Waals surface area contributed by atoms with Crippen LogP contribution in [0.4, 0.5) is 0 Å². The third kappa shape index (κ3) is 3.76. The number of rotatable bonds is 5. The Balaban J connectivity index is 1.25. The normalized spacial score (nSPS) is 25.9. The summed E-state index contributed by atoms with van der Waals surface area (Å²) >= 11 is 0. The molecule has 3 fully saturated rings. The third-order valence-corrected chi connectivity index (χ3v) is 6.88. The monoisotopic (exact) mass is 391 g/mol. The fraction of sp³-hybridized carbons (Fsp3) is 0.500. The zero-order chi connectivity index (χ0) is 19.6. The predicted molar refractivity (Wildman–Crippen MR) is 111 cm³/mol. The van der Waals surface area contributed by atoms with Gasteiger partial charge in [0.25, 0.3) is 0 Å². The van der Waals surface area contributed by atoms with Crippen LogP contribution in [0.15, 0.2) is 54.9 Å². The summed E-state index contributed by atoms with van der Waals surface area (Å²) in [5.74, 6) is 1.63. The number of aromatic nitrogens is 1. The van der Waals surface area contributed by atoms with Gasteiger partial charge in [0.15, 0.2) is 0 Å². The van der Waals surface area contributed by atoms with Crippen molar-refractivity contribution in [3.63, 3.8) is 0 Å². The van der Waals surface area contributed by atoms with Crippen molar-refractivity contribution in [2.24, 2.45) is 5.92 Å². The summed E-state index contributed by atoms with van der Waals surface area (Å²) in [4.78, 5) is 21.4. The van der Waals surface area contributed by atoms with E-state index in [0.29, 0.717) is 17.9 Å². The lowest BCUT2D eigenvalue weighted by Crippen LogP contribution is -2.62. The minimum absolute atomic E-state index is 0.148. The molecular formula is C24H29N3O2. The Morgan fingerprint density at radius 3 is 2.34 bits per heavy atom. The van der Waals surface area contributed by atoms with Gasteiger partial charge in [-0.25, -0.2) is 0 Å². The van der Waals surface area contributed by atoms with Crippen LogP contribution >= 0.6 is 0 Å². The average Bonchev–Trinajstić information content (AvgIpc) is 2.71. The van der Waals surface area contributed by atoms with E-state index in [1.165, 1.54) is 12.0 Å². The summed E-state index contributed by atoms with van der Waals surface area (Å²) < 4.78 is 6.32. The smallest absolute Gasteiger partial charge is 0.225 e. The lowest BCUT2D eigenvalue weighted by molar-refractivity contribution is -0.141. The number of piperidine rings is 1. The molecule has 3 aliphatic rings. The van der Waals surface area contributed by atoms with Gasteiger partial charge in [-0.1, -0.05) is 24.6 Å². The molecule has 5 heteroatoms. The zero-order valence-corrected chi connectivity index (χ0v) is 16.8. The van der Waals surface area contributed by atoms with Gasteiger partial charge in [0, 0.05) is 44.0 Å². The molecule has 29 heavy (non-hydrogen) atoms. The van der Waals surface area contributed by atoms with Crippen LogP contribution in [0.5, 0.6) is 5.75 Å². The van der Waals surface area contributed by atoms with Gasteiger partial charge in [-0.3, -0.25) is 14.7 Å². The third-order valence-electron chi connectivity index (χ3n) is 6.88. The molecule has 5 rings (SSSR count). The fourth-order valence-corrected chi connectivity index (χ4v) is 4.95. The first kappa shape index (κ1) is 18.6. The summed E-state index contributed by atoms with van der Waals surface area (Å²) in [6, 6.07) is 15.1. The molecule has 2 aliphatic heterocycles. The van der Waals surface area contributed by atoms with E-state index in [0.717, 1.165) is 51.1 Å². The lowest BCUT2D eigenvalue weighted by atomic mass is 9.83. The molecular weight excluding hydrogens is 362 g/mol. The first-order chi connectivity index (χ1) is 14.3. The van der Waals surface area contributed by atoms with Gasteiger partial charge >= 0.3 is 0 Å². The maximum Gasteiger partial charge on any atom is 0.225 e. The minimum Gasteiger partial charge on any atom is -0.487 e. The molecule has 5 nitrogen and oxygen atoms in total. The summed E-state index contributed by atoms with van der Waals surface area (Å²) in [5, 5.41) is 0. The number of likely N-dealkylation sites (tertiary alicyclic amines) is 2. The average molecular weight is 392 g/mol. The van der Waals surface area contributed by atoms with Gasteiger partial charge < -0.3 is 9.64 Å². The van der Waals surface area contributed by atoms with E-state index in [1.807, 2.05) is 42.7 Å². The summed E-state index contributed by atoms with van der Waals surface area (Å²) in [6.45, 7) is 2.72. The van der Waals surface area contributed by atoms with Gasteiger partial charge in [0.2, 0.25) is 5.91 Å². The van der Waals surface area contributed by atoms with Crippen LogP contribution in [-0.4, -0.2) is 52.5 Å². The Morgan fingerprint density at radius 1 is 0.966 bits per heavy atom. The predicted octanol–water partition coefficient (Wildman–Crippen LogP) is 3.68. The first-order valence-electron chi connectivity index (χ1n) is 11.0. The highest BCUT2D eigenvalue weighted by Gasteiger charge is 2.46. The summed E-state index contributed by atoms with van der Waals surface area (Å²) in [7, 11) is 0. The van der Waals surface area contributed by atoms with E-state index in [4.69, 9.17) is 4.74 Å². The van der Waals surface area contributed by atoms with Crippen LogP contribution in [0, 0.1) is 5.92 Å². The van der Waals surface area contributed by atoms with E-state index in [9.17, 15) is 4.79 Å². The number of nitrogens with zero attached hydrogens (tertiary/aromatic N) is 3. The fourth-order valence-electron chi connectivity index (χ4n) is 4.95. The highest BCUT2D eigenvalue weighted by molar-refractivity contribution is 5.79. The quantitative estimate of drug-likeness (QED) is 0.780. The van der Waals surface area contributed by atoms with Crippen LogP contribution in [-0.2, 0) is 4.79 Å². The number of para-hydroxylation sites is 1. The maximum atomic E-state index is 12.6. The molecule has 0 spiro atoms. The van der Waals surface area contributed by atoms with Crippen LogP contribution in [0.1, 0.15) is 43.7 Å². The van der Waals surface area contributed by atoms with Crippen molar-refractivity contribution < 1.29 is 9.53 Å². The second-order valence-corrected chi connectivity index (χ2v) is 8.58. The van der Waals surface area contributed by atoms with Gasteiger partial charge in [0.1, 0.15) is 11.9 Å². The van der Waals surface area contributed by atoms with Crippen LogP contribution in [0.2, 0.25) is 0 Å². The van der Waals surface area contributed by atoms with Crippen molar-refractivity contribution in [3.8, 4) is 5.75 Å². The van der Waals surface area contributed by atoms with Gasteiger partial charge in [-0.2, -0.15) is 0 Å². The number of hydrogen-bond donors (Lipinski definition) is 0. The Morgan fingerprint density at radius 2 is 1.69 bits per heavy atom. The highest BCUT2D eigenvalue weighted by atomic mass is 16.5. The number of carbonyl (C=O) groups excluding carboxylic acids is 1. The van der Waals surface area contributed by atoms with Gasteiger partial charge in [-0.15, -0.1) is 0 Å². The molecule has 3 heterocycles. The van der Waals surface area contributed by atoms with E-state index < -0.39 is 0 Å². The molecule has 2 saturated heterocycles. The van der Waals surface area contributed by atoms with E-state index in [1.54, 1.807) is 0 Å². The first-order valence-corrected chi connectivity index (χ1v) is 11.0. The molecule has 1 aromatic carbocycles. The van der Waals surface area contributed by atoms with Crippen molar-refractivity contribution in [1.29, 1.82) is 0 Å². The molecule has 1 amide bonds. The molecule has 1 aliphatic carbocycles. The zero-order valence-electron chi connectivity index (χ0n) is 16.8. The highest BCUT2D eigenvalue weighted by Crippen LogP contribution is 2.40. The van der Waals surface area contributed by atoms with Crippen molar-refractivity contribution in [1.82, 2.24) is 14.8 Å². The van der Waals surface area contributed by atoms with Crippen molar-refractivity contribution in [3.05, 3.63) is 60.4 Å². The van der Waals surface area contributed by atoms with E-state index in [2.05, 4.69) is 26.9 Å². The Hall–Kier alpha value is -2.40. The summed E-state index contributed by atoms with van der Waals surface area (Å²) in [5.41, 5.74) is 1.26. The second kappa shape index (κ2) is 8.15. The van der Waals surface area contributed by atoms with Crippen LogP contribution in [0.3, 0.4) is 0 Å². The minimum atomic E-state index is 0.148. The molecule has 1 aromatic heterocycles. The van der Waals surface area contributed by atoms with Crippen molar-refractivity contribution in [2.75, 3.05) is 19.6 Å². The summed E-state index contributed by atoms with van der Waals surface area (Å²) in [6.07, 6.45) is 9.39. The Labute approximate surface area is 172 Å². The number of ether oxygens (including phenoxy) is 1.